The fraction of sp³-hybridized carbons (Fsp3) is 0.438. The standard InChI is InChI=1S/C16H22N2O2/c1-3-11-20-15-9-5-4-8-14(15)16(19)18-10-6-7-13(12-18)17-2/h3-5,8-9,13,17H,1,6-7,10-12H2,2H3. The van der Waals surface area contributed by atoms with Crippen molar-refractivity contribution in [2.75, 3.05) is 26.7 Å². The van der Waals surface area contributed by atoms with E-state index in [1.54, 1.807) is 6.08 Å². The number of likely N-dealkylation sites (N-methyl/N-ethyl adjacent to an activating group) is 1. The monoisotopic (exact) mass is 274 g/mol. The van der Waals surface area contributed by atoms with Crippen LogP contribution in [0, 0.1) is 0 Å². The maximum Gasteiger partial charge on any atom is 0.257 e. The van der Waals surface area contributed by atoms with E-state index in [-0.39, 0.29) is 5.91 Å². The molecule has 0 radical (unpaired) electrons. The van der Waals surface area contributed by atoms with E-state index in [2.05, 4.69) is 11.9 Å². The molecule has 4 heteroatoms. The van der Waals surface area contributed by atoms with Gasteiger partial charge >= 0.3 is 0 Å². The van der Waals surface area contributed by atoms with Crippen LogP contribution in [-0.2, 0) is 0 Å². The summed E-state index contributed by atoms with van der Waals surface area (Å²) in [7, 11) is 1.94. The van der Waals surface area contributed by atoms with Crippen molar-refractivity contribution in [3.05, 3.63) is 42.5 Å². The molecule has 0 bridgehead atoms. The van der Waals surface area contributed by atoms with Crippen molar-refractivity contribution in [1.82, 2.24) is 10.2 Å². The van der Waals surface area contributed by atoms with Gasteiger partial charge in [-0.15, -0.1) is 0 Å². The molecule has 108 valence electrons. The third kappa shape index (κ3) is 3.39. The number of para-hydroxylation sites is 1. The number of nitrogens with zero attached hydrogens (tertiary/aromatic N) is 1. The van der Waals surface area contributed by atoms with Crippen LogP contribution in [0.3, 0.4) is 0 Å². The fourth-order valence-electron chi connectivity index (χ4n) is 2.49. The van der Waals surface area contributed by atoms with E-state index in [4.69, 9.17) is 4.74 Å². The molecule has 1 atom stereocenters. The summed E-state index contributed by atoms with van der Waals surface area (Å²) in [6, 6.07) is 7.78. The summed E-state index contributed by atoms with van der Waals surface area (Å²) in [4.78, 5) is 14.5. The van der Waals surface area contributed by atoms with Crippen LogP contribution in [0.1, 0.15) is 23.2 Å². The van der Waals surface area contributed by atoms with E-state index in [0.717, 1.165) is 25.9 Å². The van der Waals surface area contributed by atoms with Crippen LogP contribution >= 0.6 is 0 Å². The molecular formula is C16H22N2O2. The van der Waals surface area contributed by atoms with Crippen molar-refractivity contribution in [2.45, 2.75) is 18.9 Å². The Labute approximate surface area is 120 Å². The zero-order valence-corrected chi connectivity index (χ0v) is 12.0. The van der Waals surface area contributed by atoms with Crippen molar-refractivity contribution in [3.63, 3.8) is 0 Å². The number of likely N-dealkylation sites (tertiary alicyclic amines) is 1. The third-order valence-corrected chi connectivity index (χ3v) is 3.59. The quantitative estimate of drug-likeness (QED) is 0.836. The first-order chi connectivity index (χ1) is 9.76. The number of hydrogen-bond acceptors (Lipinski definition) is 3. The lowest BCUT2D eigenvalue weighted by Gasteiger charge is -2.32. The molecule has 1 unspecified atom stereocenters. The van der Waals surface area contributed by atoms with Crippen LogP contribution in [0.25, 0.3) is 0 Å². The smallest absolute Gasteiger partial charge is 0.257 e. The van der Waals surface area contributed by atoms with Gasteiger partial charge in [0.15, 0.2) is 0 Å². The first kappa shape index (κ1) is 14.6. The highest BCUT2D eigenvalue weighted by Gasteiger charge is 2.25. The van der Waals surface area contributed by atoms with Gasteiger partial charge in [-0.1, -0.05) is 24.8 Å². The lowest BCUT2D eigenvalue weighted by atomic mass is 10.0. The zero-order valence-electron chi connectivity index (χ0n) is 12.0. The first-order valence-electron chi connectivity index (χ1n) is 7.05. The maximum absolute atomic E-state index is 12.6. The molecule has 4 nitrogen and oxygen atoms in total. The van der Waals surface area contributed by atoms with Gasteiger partial charge in [0, 0.05) is 19.1 Å². The van der Waals surface area contributed by atoms with Crippen molar-refractivity contribution < 1.29 is 9.53 Å². The van der Waals surface area contributed by atoms with Crippen LogP contribution in [0.2, 0.25) is 0 Å². The highest BCUT2D eigenvalue weighted by atomic mass is 16.5. The number of carbonyl (C=O) groups excluding carboxylic acids is 1. The fourth-order valence-corrected chi connectivity index (χ4v) is 2.49. The number of benzene rings is 1. The van der Waals surface area contributed by atoms with Gasteiger partial charge in [-0.3, -0.25) is 4.79 Å². The molecule has 20 heavy (non-hydrogen) atoms. The second-order valence-electron chi connectivity index (χ2n) is 4.97. The van der Waals surface area contributed by atoms with Crippen molar-refractivity contribution in [3.8, 4) is 5.75 Å². The lowest BCUT2D eigenvalue weighted by molar-refractivity contribution is 0.0694. The minimum atomic E-state index is 0.0459. The van der Waals surface area contributed by atoms with E-state index in [9.17, 15) is 4.79 Å². The lowest BCUT2D eigenvalue weighted by Crippen LogP contribution is -2.47. The number of amides is 1. The van der Waals surface area contributed by atoms with Gasteiger partial charge in [0.05, 0.1) is 5.56 Å². The number of hydrogen-bond donors (Lipinski definition) is 1. The average Bonchev–Trinajstić information content (AvgIpc) is 2.52. The van der Waals surface area contributed by atoms with Crippen molar-refractivity contribution >= 4 is 5.91 Å². The topological polar surface area (TPSA) is 41.6 Å². The number of ether oxygens (including phenoxy) is 1. The van der Waals surface area contributed by atoms with Gasteiger partial charge in [-0.2, -0.15) is 0 Å². The van der Waals surface area contributed by atoms with Gasteiger partial charge in [0.2, 0.25) is 0 Å². The Morgan fingerprint density at radius 1 is 1.55 bits per heavy atom. The van der Waals surface area contributed by atoms with Gasteiger partial charge < -0.3 is 15.0 Å². The molecule has 1 fully saturated rings. The summed E-state index contributed by atoms with van der Waals surface area (Å²) in [5, 5.41) is 3.25. The molecule has 0 spiro atoms. The molecule has 1 aliphatic rings. The Bertz CT molecular complexity index is 473. The third-order valence-electron chi connectivity index (χ3n) is 3.59. The van der Waals surface area contributed by atoms with E-state index in [1.165, 1.54) is 0 Å². The van der Waals surface area contributed by atoms with E-state index < -0.39 is 0 Å². The van der Waals surface area contributed by atoms with E-state index in [0.29, 0.717) is 24.0 Å². The predicted molar refractivity (Wildman–Crippen MR) is 80.1 cm³/mol. The second-order valence-corrected chi connectivity index (χ2v) is 4.97. The number of piperidine rings is 1. The zero-order chi connectivity index (χ0) is 14.4. The molecule has 0 aromatic heterocycles. The second kappa shape index (κ2) is 7.10. The summed E-state index contributed by atoms with van der Waals surface area (Å²) in [5.74, 6) is 0.675. The van der Waals surface area contributed by atoms with Crippen molar-refractivity contribution in [2.24, 2.45) is 0 Å². The Morgan fingerprint density at radius 3 is 3.10 bits per heavy atom. The highest BCUT2D eigenvalue weighted by Crippen LogP contribution is 2.22. The Hall–Kier alpha value is -1.81. The summed E-state index contributed by atoms with van der Waals surface area (Å²) in [5.41, 5.74) is 0.631. The van der Waals surface area contributed by atoms with Gasteiger partial charge in [0.1, 0.15) is 12.4 Å². The van der Waals surface area contributed by atoms with Crippen LogP contribution in [0.4, 0.5) is 0 Å². The SMILES string of the molecule is C=CCOc1ccccc1C(=O)N1CCCC(NC)C1. The number of rotatable bonds is 5. The Balaban J connectivity index is 2.13. The molecule has 1 amide bonds. The van der Waals surface area contributed by atoms with Gasteiger partial charge in [-0.05, 0) is 32.0 Å². The number of nitrogens with one attached hydrogen (secondary N) is 1. The van der Waals surface area contributed by atoms with Crippen LogP contribution in [-0.4, -0.2) is 43.6 Å². The molecular weight excluding hydrogens is 252 g/mol. The normalized spacial score (nSPS) is 18.6. The highest BCUT2D eigenvalue weighted by molar-refractivity contribution is 5.97. The largest absolute Gasteiger partial charge is 0.489 e. The van der Waals surface area contributed by atoms with E-state index in [1.807, 2.05) is 36.2 Å². The summed E-state index contributed by atoms with van der Waals surface area (Å²) in [6.07, 6.45) is 3.83. The summed E-state index contributed by atoms with van der Waals surface area (Å²) in [6.45, 7) is 5.61. The maximum atomic E-state index is 12.6. The molecule has 1 aliphatic heterocycles. The predicted octanol–water partition coefficient (Wildman–Crippen LogP) is 2.08. The number of carbonyl (C=O) groups is 1. The minimum Gasteiger partial charge on any atom is -0.489 e. The van der Waals surface area contributed by atoms with Gasteiger partial charge in [0.25, 0.3) is 5.91 Å². The molecule has 0 aliphatic carbocycles. The Kier molecular flexibility index (Phi) is 5.18. The van der Waals surface area contributed by atoms with Crippen LogP contribution < -0.4 is 10.1 Å². The molecule has 2 rings (SSSR count). The molecule has 1 heterocycles. The molecule has 1 N–H and O–H groups in total. The molecule has 1 aromatic rings. The molecule has 1 aromatic carbocycles. The van der Waals surface area contributed by atoms with Crippen LogP contribution in [0.15, 0.2) is 36.9 Å². The Morgan fingerprint density at radius 2 is 2.35 bits per heavy atom. The minimum absolute atomic E-state index is 0.0459. The summed E-state index contributed by atoms with van der Waals surface area (Å²) >= 11 is 0. The molecule has 0 saturated carbocycles. The van der Waals surface area contributed by atoms with Crippen molar-refractivity contribution in [1.29, 1.82) is 0 Å². The van der Waals surface area contributed by atoms with E-state index >= 15 is 0 Å². The van der Waals surface area contributed by atoms with Crippen LogP contribution in [0.5, 0.6) is 5.75 Å². The summed E-state index contributed by atoms with van der Waals surface area (Å²) < 4.78 is 5.57. The molecule has 1 saturated heterocycles. The average molecular weight is 274 g/mol. The van der Waals surface area contributed by atoms with Gasteiger partial charge in [-0.25, -0.2) is 0 Å². The first-order valence-corrected chi connectivity index (χ1v) is 7.05.